The Bertz CT molecular complexity index is 1060. The molecule has 1 aliphatic heterocycles. The smallest absolute Gasteiger partial charge is 0.337 e. The van der Waals surface area contributed by atoms with Crippen LogP contribution in [0.2, 0.25) is 5.02 Å². The van der Waals surface area contributed by atoms with E-state index in [9.17, 15) is 18.3 Å². The summed E-state index contributed by atoms with van der Waals surface area (Å²) in [5.74, 6) is -1.18. The van der Waals surface area contributed by atoms with Crippen molar-refractivity contribution in [3.63, 3.8) is 0 Å². The van der Waals surface area contributed by atoms with E-state index in [-0.39, 0.29) is 16.1 Å². The molecule has 2 aromatic rings. The maximum atomic E-state index is 12.7. The lowest BCUT2D eigenvalue weighted by atomic mass is 9.94. The van der Waals surface area contributed by atoms with Crippen LogP contribution in [-0.4, -0.2) is 56.6 Å². The van der Waals surface area contributed by atoms with Crippen molar-refractivity contribution in [1.82, 2.24) is 4.90 Å². The third-order valence-corrected chi connectivity index (χ3v) is 8.01. The van der Waals surface area contributed by atoms with Gasteiger partial charge in [0.25, 0.3) is 10.0 Å². The number of benzene rings is 2. The van der Waals surface area contributed by atoms with E-state index in [2.05, 4.69) is 14.5 Å². The number of aromatic carboxylic acids is 1. The number of piperazine rings is 1. The summed E-state index contributed by atoms with van der Waals surface area (Å²) < 4.78 is 27.8. The fraction of sp³-hybridized carbons (Fsp3) is 0.435. The van der Waals surface area contributed by atoms with Gasteiger partial charge in [0.05, 0.1) is 16.1 Å². The maximum absolute atomic E-state index is 12.7. The molecule has 0 aromatic heterocycles. The van der Waals surface area contributed by atoms with E-state index in [4.69, 9.17) is 11.6 Å². The van der Waals surface area contributed by atoms with E-state index in [0.29, 0.717) is 11.1 Å². The Morgan fingerprint density at radius 3 is 2.25 bits per heavy atom. The molecule has 9 heteroatoms. The summed E-state index contributed by atoms with van der Waals surface area (Å²) >= 11 is 5.83. The number of sulfonamides is 1. The zero-order valence-electron chi connectivity index (χ0n) is 17.8. The number of carboxylic acid groups (broad SMARTS) is 1. The molecule has 2 fully saturated rings. The van der Waals surface area contributed by atoms with Gasteiger partial charge in [0.1, 0.15) is 0 Å². The van der Waals surface area contributed by atoms with Crippen molar-refractivity contribution < 1.29 is 18.3 Å². The second-order valence-electron chi connectivity index (χ2n) is 8.41. The fourth-order valence-electron chi connectivity index (χ4n) is 4.60. The molecule has 4 rings (SSSR count). The van der Waals surface area contributed by atoms with Crippen molar-refractivity contribution in [2.75, 3.05) is 35.8 Å². The molecule has 0 radical (unpaired) electrons. The third-order valence-electron chi connectivity index (χ3n) is 6.37. The van der Waals surface area contributed by atoms with Gasteiger partial charge in [0.15, 0.2) is 0 Å². The Hall–Kier alpha value is -2.29. The first-order valence-electron chi connectivity index (χ1n) is 11.0. The lowest BCUT2D eigenvalue weighted by molar-refractivity contribution is 0.0698. The van der Waals surface area contributed by atoms with E-state index in [1.165, 1.54) is 62.4 Å². The number of halogens is 1. The summed E-state index contributed by atoms with van der Waals surface area (Å²) in [7, 11) is -3.94. The zero-order valence-corrected chi connectivity index (χ0v) is 19.4. The minimum absolute atomic E-state index is 0.0150. The number of anilines is 2. The Morgan fingerprint density at radius 2 is 1.62 bits per heavy atom. The lowest BCUT2D eigenvalue weighted by Gasteiger charge is -2.41. The second-order valence-corrected chi connectivity index (χ2v) is 10.5. The normalized spacial score (nSPS) is 18.5. The molecule has 0 amide bonds. The first kappa shape index (κ1) is 22.9. The van der Waals surface area contributed by atoms with E-state index in [1.54, 1.807) is 12.1 Å². The summed E-state index contributed by atoms with van der Waals surface area (Å²) in [6.45, 7) is 3.56. The Kier molecular flexibility index (Phi) is 6.93. The van der Waals surface area contributed by atoms with E-state index in [1.807, 2.05) is 0 Å². The summed E-state index contributed by atoms with van der Waals surface area (Å²) in [5, 5.41) is 10.1. The molecule has 1 heterocycles. The second kappa shape index (κ2) is 9.68. The van der Waals surface area contributed by atoms with Gasteiger partial charge in [-0.05, 0) is 55.3 Å². The molecule has 1 saturated carbocycles. The topological polar surface area (TPSA) is 89.9 Å². The lowest BCUT2D eigenvalue weighted by Crippen LogP contribution is -2.50. The molecular weight excluding hydrogens is 450 g/mol. The van der Waals surface area contributed by atoms with E-state index >= 15 is 0 Å². The highest BCUT2D eigenvalue weighted by Gasteiger charge is 2.26. The molecule has 0 unspecified atom stereocenters. The van der Waals surface area contributed by atoms with Crippen molar-refractivity contribution in [1.29, 1.82) is 0 Å². The van der Waals surface area contributed by atoms with Crippen LogP contribution in [0, 0.1) is 0 Å². The van der Waals surface area contributed by atoms with Crippen molar-refractivity contribution in [3.8, 4) is 0 Å². The number of hydrogen-bond donors (Lipinski definition) is 2. The van der Waals surface area contributed by atoms with E-state index in [0.717, 1.165) is 31.9 Å². The fourth-order valence-corrected chi connectivity index (χ4v) is 5.81. The summed E-state index contributed by atoms with van der Waals surface area (Å²) in [5.41, 5.74) is 0.756. The van der Waals surface area contributed by atoms with Crippen molar-refractivity contribution >= 4 is 39.0 Å². The van der Waals surface area contributed by atoms with Crippen LogP contribution < -0.4 is 9.62 Å². The average molecular weight is 478 g/mol. The largest absolute Gasteiger partial charge is 0.478 e. The van der Waals surface area contributed by atoms with E-state index < -0.39 is 16.0 Å². The highest BCUT2D eigenvalue weighted by Crippen LogP contribution is 2.28. The van der Waals surface area contributed by atoms with Crippen molar-refractivity contribution in [2.45, 2.75) is 43.0 Å². The first-order chi connectivity index (χ1) is 15.3. The number of nitrogens with one attached hydrogen (secondary N) is 1. The number of carboxylic acids is 1. The number of hydrogen-bond acceptors (Lipinski definition) is 5. The Balaban J connectivity index is 1.48. The molecule has 0 atom stereocenters. The van der Waals surface area contributed by atoms with Crippen LogP contribution in [0.3, 0.4) is 0 Å². The molecule has 1 saturated heterocycles. The highest BCUT2D eigenvalue weighted by atomic mass is 35.5. The number of nitrogens with zero attached hydrogens (tertiary/aromatic N) is 2. The number of rotatable bonds is 6. The molecule has 7 nitrogen and oxygen atoms in total. The molecule has 0 bridgehead atoms. The van der Waals surface area contributed by atoms with Gasteiger partial charge in [-0.15, -0.1) is 0 Å². The van der Waals surface area contributed by atoms with Crippen LogP contribution in [0.1, 0.15) is 42.5 Å². The minimum Gasteiger partial charge on any atom is -0.478 e. The SMILES string of the molecule is O=C(O)c1cc(N2CCN(C3CCCCC3)CC2)ccc1NS(=O)(=O)c1ccc(Cl)cc1. The Morgan fingerprint density at radius 1 is 0.969 bits per heavy atom. The van der Waals surface area contributed by atoms with Gasteiger partial charge in [-0.1, -0.05) is 30.9 Å². The monoisotopic (exact) mass is 477 g/mol. The van der Waals surface area contributed by atoms with Crippen LogP contribution in [0.15, 0.2) is 47.4 Å². The van der Waals surface area contributed by atoms with Crippen LogP contribution in [0.5, 0.6) is 0 Å². The van der Waals surface area contributed by atoms with Gasteiger partial charge in [0.2, 0.25) is 0 Å². The predicted molar refractivity (Wildman–Crippen MR) is 126 cm³/mol. The van der Waals surface area contributed by atoms with Crippen molar-refractivity contribution in [3.05, 3.63) is 53.1 Å². The Labute approximate surface area is 194 Å². The molecule has 32 heavy (non-hydrogen) atoms. The first-order valence-corrected chi connectivity index (χ1v) is 12.8. The molecular formula is C23H28ClN3O4S. The quantitative estimate of drug-likeness (QED) is 0.645. The van der Waals surface area contributed by atoms with Crippen molar-refractivity contribution in [2.24, 2.45) is 0 Å². The minimum atomic E-state index is -3.94. The molecule has 172 valence electrons. The van der Waals surface area contributed by atoms with Gasteiger partial charge < -0.3 is 10.0 Å². The average Bonchev–Trinajstić information content (AvgIpc) is 2.80. The highest BCUT2D eigenvalue weighted by molar-refractivity contribution is 7.92. The molecule has 2 N–H and O–H groups in total. The molecule has 1 aliphatic carbocycles. The van der Waals surface area contributed by atoms with Gasteiger partial charge in [-0.3, -0.25) is 9.62 Å². The number of carbonyl (C=O) groups is 1. The maximum Gasteiger partial charge on any atom is 0.337 e. The van der Waals surface area contributed by atoms with Gasteiger partial charge in [0, 0.05) is 42.9 Å². The van der Waals surface area contributed by atoms with Gasteiger partial charge >= 0.3 is 5.97 Å². The van der Waals surface area contributed by atoms with Crippen LogP contribution in [0.25, 0.3) is 0 Å². The van der Waals surface area contributed by atoms with Gasteiger partial charge in [-0.25, -0.2) is 13.2 Å². The standard InChI is InChI=1S/C23H28ClN3O4S/c24-17-6-9-20(10-7-17)32(30,31)25-22-11-8-19(16-21(22)23(28)29)27-14-12-26(13-15-27)18-4-2-1-3-5-18/h6-11,16,18,25H,1-5,12-15H2,(H,28,29). The summed E-state index contributed by atoms with van der Waals surface area (Å²) in [4.78, 5) is 16.6. The summed E-state index contributed by atoms with van der Waals surface area (Å²) in [6, 6.07) is 11.2. The third kappa shape index (κ3) is 5.19. The zero-order chi connectivity index (χ0) is 22.7. The van der Waals surface area contributed by atoms with Crippen LogP contribution in [-0.2, 0) is 10.0 Å². The van der Waals surface area contributed by atoms with Gasteiger partial charge in [-0.2, -0.15) is 0 Å². The van der Waals surface area contributed by atoms with Crippen LogP contribution >= 0.6 is 11.6 Å². The summed E-state index contributed by atoms with van der Waals surface area (Å²) in [6.07, 6.45) is 6.49. The molecule has 0 spiro atoms. The predicted octanol–water partition coefficient (Wildman–Crippen LogP) is 4.29. The molecule has 2 aromatic carbocycles. The van der Waals surface area contributed by atoms with Crippen LogP contribution in [0.4, 0.5) is 11.4 Å². The molecule has 2 aliphatic rings.